The maximum Gasteiger partial charge on any atom is 0.241 e. The SMILES string of the molecule is COc1ccc(CC(C)CCC(=O)[N]Cc2nc3cccnc3n2Cc2cccc(Cl)c2)c(Cl)c1OC. The average Bonchev–Trinajstić information content (AvgIpc) is 3.24. The third kappa shape index (κ3) is 6.53. The lowest BCUT2D eigenvalue weighted by molar-refractivity contribution is -0.121. The van der Waals surface area contributed by atoms with Gasteiger partial charge < -0.3 is 14.0 Å². The van der Waals surface area contributed by atoms with Crippen LogP contribution in [0, 0.1) is 5.92 Å². The van der Waals surface area contributed by atoms with Crippen molar-refractivity contribution in [2.24, 2.45) is 5.92 Å². The Morgan fingerprint density at radius 2 is 1.95 bits per heavy atom. The van der Waals surface area contributed by atoms with Gasteiger partial charge >= 0.3 is 0 Å². The second-order valence-corrected chi connectivity index (χ2v) is 9.74. The summed E-state index contributed by atoms with van der Waals surface area (Å²) in [6, 6.07) is 15.2. The summed E-state index contributed by atoms with van der Waals surface area (Å²) in [4.78, 5) is 21.8. The second kappa shape index (κ2) is 12.3. The molecule has 0 aliphatic carbocycles. The number of hydrogen-bond acceptors (Lipinski definition) is 5. The molecule has 4 rings (SSSR count). The van der Waals surface area contributed by atoms with Crippen LogP contribution in [0.25, 0.3) is 11.2 Å². The zero-order valence-corrected chi connectivity index (χ0v) is 22.6. The summed E-state index contributed by atoms with van der Waals surface area (Å²) in [5.41, 5.74) is 3.49. The Morgan fingerprint density at radius 3 is 2.70 bits per heavy atom. The number of fused-ring (bicyclic) bond motifs is 1. The summed E-state index contributed by atoms with van der Waals surface area (Å²) in [6.07, 6.45) is 3.48. The Labute approximate surface area is 226 Å². The maximum atomic E-state index is 12.7. The van der Waals surface area contributed by atoms with Crippen LogP contribution in [0.2, 0.25) is 10.0 Å². The number of methoxy groups -OCH3 is 2. The first-order valence-electron chi connectivity index (χ1n) is 12.0. The molecule has 1 radical (unpaired) electrons. The van der Waals surface area contributed by atoms with E-state index in [0.29, 0.717) is 53.2 Å². The van der Waals surface area contributed by atoms with E-state index >= 15 is 0 Å². The van der Waals surface area contributed by atoms with Crippen LogP contribution in [0.3, 0.4) is 0 Å². The predicted molar refractivity (Wildman–Crippen MR) is 146 cm³/mol. The van der Waals surface area contributed by atoms with Gasteiger partial charge in [0.2, 0.25) is 5.91 Å². The van der Waals surface area contributed by atoms with Crippen LogP contribution >= 0.6 is 23.2 Å². The standard InChI is InChI=1S/C28H29Cl2N4O3/c1-18(14-20-10-11-23(36-2)27(37-3)26(20)30)9-12-25(35)32-16-24-33-22-8-5-13-31-28(22)34(24)17-19-6-4-7-21(29)15-19/h4-8,10-11,13,15,18H,9,12,14,16-17H2,1-3H3. The van der Waals surface area contributed by atoms with Crippen LogP contribution in [0.15, 0.2) is 54.7 Å². The predicted octanol–water partition coefficient (Wildman–Crippen LogP) is 6.09. The smallest absolute Gasteiger partial charge is 0.241 e. The molecule has 1 amide bonds. The third-order valence-electron chi connectivity index (χ3n) is 6.19. The quantitative estimate of drug-likeness (QED) is 0.230. The number of pyridine rings is 1. The van der Waals surface area contributed by atoms with Crippen molar-refractivity contribution in [1.29, 1.82) is 0 Å². The molecule has 1 unspecified atom stereocenters. The van der Waals surface area contributed by atoms with Crippen LogP contribution in [-0.4, -0.2) is 34.7 Å². The summed E-state index contributed by atoms with van der Waals surface area (Å²) in [6.45, 7) is 2.82. The fourth-order valence-corrected chi connectivity index (χ4v) is 4.81. The van der Waals surface area contributed by atoms with Crippen LogP contribution in [0.4, 0.5) is 0 Å². The summed E-state index contributed by atoms with van der Waals surface area (Å²) in [5, 5.41) is 5.52. The first-order chi connectivity index (χ1) is 17.9. The molecule has 0 N–H and O–H groups in total. The number of hydrogen-bond donors (Lipinski definition) is 0. The van der Waals surface area contributed by atoms with Crippen molar-refractivity contribution in [1.82, 2.24) is 19.9 Å². The minimum absolute atomic E-state index is 0.153. The molecule has 37 heavy (non-hydrogen) atoms. The molecule has 193 valence electrons. The van der Waals surface area contributed by atoms with Crippen molar-refractivity contribution in [3.8, 4) is 11.5 Å². The molecule has 0 fully saturated rings. The number of rotatable bonds is 11. The number of nitrogens with zero attached hydrogens (tertiary/aromatic N) is 4. The van der Waals surface area contributed by atoms with Gasteiger partial charge in [0, 0.05) is 17.6 Å². The first kappa shape index (κ1) is 26.8. The van der Waals surface area contributed by atoms with E-state index < -0.39 is 0 Å². The maximum absolute atomic E-state index is 12.7. The Kier molecular flexibility index (Phi) is 8.90. The molecule has 4 aromatic rings. The highest BCUT2D eigenvalue weighted by molar-refractivity contribution is 6.33. The van der Waals surface area contributed by atoms with Crippen LogP contribution in [-0.2, 0) is 24.3 Å². The van der Waals surface area contributed by atoms with E-state index in [4.69, 9.17) is 32.7 Å². The number of imidazole rings is 1. The molecular weight excluding hydrogens is 511 g/mol. The average molecular weight is 540 g/mol. The number of amides is 1. The molecule has 9 heteroatoms. The lowest BCUT2D eigenvalue weighted by Crippen LogP contribution is -2.19. The number of aromatic nitrogens is 3. The Balaban J connectivity index is 1.37. The Morgan fingerprint density at radius 1 is 1.11 bits per heavy atom. The Bertz CT molecular complexity index is 1390. The molecular formula is C28H29Cl2N4O3. The van der Waals surface area contributed by atoms with Crippen molar-refractivity contribution < 1.29 is 14.3 Å². The van der Waals surface area contributed by atoms with Crippen LogP contribution < -0.4 is 14.8 Å². The number of halogens is 2. The molecule has 0 bridgehead atoms. The summed E-state index contributed by atoms with van der Waals surface area (Å²) < 4.78 is 12.7. The van der Waals surface area contributed by atoms with Crippen molar-refractivity contribution in [2.75, 3.05) is 14.2 Å². The highest BCUT2D eigenvalue weighted by Gasteiger charge is 2.17. The minimum atomic E-state index is -0.153. The first-order valence-corrected chi connectivity index (χ1v) is 12.8. The molecule has 0 aliphatic rings. The van der Waals surface area contributed by atoms with E-state index in [1.165, 1.54) is 0 Å². The minimum Gasteiger partial charge on any atom is -0.493 e. The Hall–Kier alpha value is -3.29. The summed E-state index contributed by atoms with van der Waals surface area (Å²) in [5.74, 6) is 1.88. The van der Waals surface area contributed by atoms with Crippen LogP contribution in [0.1, 0.15) is 36.7 Å². The van der Waals surface area contributed by atoms with E-state index in [-0.39, 0.29) is 18.4 Å². The largest absolute Gasteiger partial charge is 0.493 e. The highest BCUT2D eigenvalue weighted by Crippen LogP contribution is 2.38. The van der Waals surface area contributed by atoms with Crippen molar-refractivity contribution in [3.63, 3.8) is 0 Å². The third-order valence-corrected chi connectivity index (χ3v) is 6.84. The fourth-order valence-electron chi connectivity index (χ4n) is 4.28. The van der Waals surface area contributed by atoms with Crippen molar-refractivity contribution in [3.05, 3.63) is 81.7 Å². The molecule has 0 aliphatic heterocycles. The summed E-state index contributed by atoms with van der Waals surface area (Å²) in [7, 11) is 3.14. The molecule has 2 aromatic heterocycles. The van der Waals surface area contributed by atoms with Gasteiger partial charge in [-0.3, -0.25) is 4.79 Å². The van der Waals surface area contributed by atoms with Gasteiger partial charge in [-0.2, -0.15) is 0 Å². The van der Waals surface area contributed by atoms with E-state index in [1.807, 2.05) is 53.1 Å². The van der Waals surface area contributed by atoms with Crippen molar-refractivity contribution >= 4 is 40.3 Å². The van der Waals surface area contributed by atoms with E-state index in [9.17, 15) is 4.79 Å². The number of ether oxygens (including phenoxy) is 2. The van der Waals surface area contributed by atoms with Gasteiger partial charge in [-0.25, -0.2) is 15.3 Å². The van der Waals surface area contributed by atoms with Gasteiger partial charge in [0.25, 0.3) is 0 Å². The molecule has 2 heterocycles. The normalized spacial score (nSPS) is 11.9. The monoisotopic (exact) mass is 539 g/mol. The van der Waals surface area contributed by atoms with Gasteiger partial charge in [-0.05, 0) is 60.2 Å². The lowest BCUT2D eigenvalue weighted by Gasteiger charge is -2.16. The lowest BCUT2D eigenvalue weighted by atomic mass is 9.96. The molecule has 0 saturated carbocycles. The van der Waals surface area contributed by atoms with Crippen LogP contribution in [0.5, 0.6) is 11.5 Å². The zero-order chi connectivity index (χ0) is 26.4. The van der Waals surface area contributed by atoms with Gasteiger partial charge in [0.1, 0.15) is 17.9 Å². The molecule has 0 spiro atoms. The van der Waals surface area contributed by atoms with Gasteiger partial charge in [0.05, 0.1) is 25.8 Å². The van der Waals surface area contributed by atoms with Gasteiger partial charge in [-0.15, -0.1) is 0 Å². The number of carbonyl (C=O) groups is 1. The highest BCUT2D eigenvalue weighted by atomic mass is 35.5. The van der Waals surface area contributed by atoms with Gasteiger partial charge in [-0.1, -0.05) is 48.3 Å². The molecule has 2 aromatic carbocycles. The second-order valence-electron chi connectivity index (χ2n) is 8.92. The number of benzene rings is 2. The van der Waals surface area contributed by atoms with E-state index in [0.717, 1.165) is 22.3 Å². The van der Waals surface area contributed by atoms with Crippen molar-refractivity contribution in [2.45, 2.75) is 39.3 Å². The molecule has 1 atom stereocenters. The zero-order valence-electron chi connectivity index (χ0n) is 21.1. The number of carbonyl (C=O) groups excluding carboxylic acids is 1. The fraction of sp³-hybridized carbons (Fsp3) is 0.321. The van der Waals surface area contributed by atoms with E-state index in [2.05, 4.69) is 22.2 Å². The molecule has 0 saturated heterocycles. The van der Waals surface area contributed by atoms with Gasteiger partial charge in [0.15, 0.2) is 17.1 Å². The topological polar surface area (TPSA) is 80.3 Å². The van der Waals surface area contributed by atoms with E-state index in [1.54, 1.807) is 20.4 Å². The summed E-state index contributed by atoms with van der Waals surface area (Å²) >= 11 is 12.7. The molecule has 7 nitrogen and oxygen atoms in total.